The largest absolute Gasteiger partial charge is 0.365 e. The Kier molecular flexibility index (Phi) is 5.92. The van der Waals surface area contributed by atoms with E-state index in [1.54, 1.807) is 17.3 Å². The lowest BCUT2D eigenvalue weighted by Gasteiger charge is -2.36. The zero-order chi connectivity index (χ0) is 21.1. The number of carbonyl (C=O) groups is 2. The minimum atomic E-state index is -0.808. The molecular weight excluding hydrogens is 377 g/mol. The van der Waals surface area contributed by atoms with Crippen LogP contribution < -0.4 is 22.1 Å². The van der Waals surface area contributed by atoms with Gasteiger partial charge in [-0.2, -0.15) is 0 Å². The molecule has 29 heavy (non-hydrogen) atoms. The highest BCUT2D eigenvalue weighted by molar-refractivity contribution is 5.98. The van der Waals surface area contributed by atoms with E-state index in [0.29, 0.717) is 25.2 Å². The second-order valence-corrected chi connectivity index (χ2v) is 7.12. The summed E-state index contributed by atoms with van der Waals surface area (Å²) >= 11 is 0. The summed E-state index contributed by atoms with van der Waals surface area (Å²) in [5.74, 6) is -1.50. The first kappa shape index (κ1) is 20.5. The van der Waals surface area contributed by atoms with Gasteiger partial charge in [0.1, 0.15) is 5.82 Å². The van der Waals surface area contributed by atoms with E-state index < -0.39 is 11.7 Å². The standard InChI is InChI=1S/C19H24FN7O2/c1-10-5-12(8-23-7-10)24-18-13(17(22)29)6-14(20)19(26-18)25-16-3-4-27(11(2)28)9-15(16)21/h5-8,15-16H,3-4,9,21H2,1-2H3,(H2,22,29)(H2,24,25,26)/t15-,16+/m1/s1. The third kappa shape index (κ3) is 4.77. The number of nitrogens with two attached hydrogens (primary N) is 2. The van der Waals surface area contributed by atoms with Crippen LogP contribution in [0.5, 0.6) is 0 Å². The molecule has 1 aliphatic heterocycles. The average Bonchev–Trinajstić information content (AvgIpc) is 2.65. The van der Waals surface area contributed by atoms with Gasteiger partial charge in [-0.25, -0.2) is 9.37 Å². The van der Waals surface area contributed by atoms with Gasteiger partial charge in [-0.15, -0.1) is 0 Å². The Morgan fingerprint density at radius 3 is 2.66 bits per heavy atom. The molecule has 6 N–H and O–H groups in total. The van der Waals surface area contributed by atoms with Gasteiger partial charge in [-0.1, -0.05) is 0 Å². The number of nitrogens with one attached hydrogen (secondary N) is 2. The van der Waals surface area contributed by atoms with Crippen LogP contribution in [-0.2, 0) is 4.79 Å². The number of piperidine rings is 1. The Balaban J connectivity index is 1.86. The SMILES string of the molecule is CC(=O)N1CC[C@H](Nc2nc(Nc3cncc(C)c3)c(C(N)=O)cc2F)[C@H](N)C1. The minimum Gasteiger partial charge on any atom is -0.365 e. The molecule has 3 heterocycles. The number of hydrogen-bond acceptors (Lipinski definition) is 7. The normalized spacial score (nSPS) is 19.0. The zero-order valence-electron chi connectivity index (χ0n) is 16.3. The highest BCUT2D eigenvalue weighted by Gasteiger charge is 2.29. The van der Waals surface area contributed by atoms with E-state index in [1.165, 1.54) is 6.92 Å². The van der Waals surface area contributed by atoms with Gasteiger partial charge in [0, 0.05) is 38.3 Å². The lowest BCUT2D eigenvalue weighted by molar-refractivity contribution is -0.130. The Labute approximate surface area is 167 Å². The van der Waals surface area contributed by atoms with E-state index in [2.05, 4.69) is 20.6 Å². The number of aryl methyl sites for hydroxylation is 1. The number of halogens is 1. The maximum absolute atomic E-state index is 14.6. The zero-order valence-corrected chi connectivity index (χ0v) is 16.3. The van der Waals surface area contributed by atoms with Gasteiger partial charge < -0.3 is 27.0 Å². The van der Waals surface area contributed by atoms with Crippen molar-refractivity contribution in [3.63, 3.8) is 0 Å². The third-order valence-corrected chi connectivity index (χ3v) is 4.80. The molecule has 3 rings (SSSR count). The Morgan fingerprint density at radius 2 is 2.03 bits per heavy atom. The van der Waals surface area contributed by atoms with Crippen LogP contribution in [-0.4, -0.2) is 51.9 Å². The Bertz CT molecular complexity index is 937. The molecule has 0 unspecified atom stereocenters. The maximum Gasteiger partial charge on any atom is 0.252 e. The van der Waals surface area contributed by atoms with Crippen molar-refractivity contribution in [2.45, 2.75) is 32.4 Å². The van der Waals surface area contributed by atoms with Crippen LogP contribution >= 0.6 is 0 Å². The molecule has 0 saturated carbocycles. The van der Waals surface area contributed by atoms with Gasteiger partial charge in [0.15, 0.2) is 11.6 Å². The summed E-state index contributed by atoms with van der Waals surface area (Å²) in [6, 6.07) is 2.19. The predicted octanol–water partition coefficient (Wildman–Crippen LogP) is 1.13. The summed E-state index contributed by atoms with van der Waals surface area (Å²) in [5.41, 5.74) is 13.0. The number of anilines is 3. The van der Waals surface area contributed by atoms with Crippen molar-refractivity contribution in [1.29, 1.82) is 0 Å². The second kappa shape index (κ2) is 8.39. The summed E-state index contributed by atoms with van der Waals surface area (Å²) in [4.78, 5) is 33.3. The fourth-order valence-electron chi connectivity index (χ4n) is 3.26. The van der Waals surface area contributed by atoms with E-state index in [0.717, 1.165) is 11.6 Å². The van der Waals surface area contributed by atoms with E-state index in [9.17, 15) is 14.0 Å². The van der Waals surface area contributed by atoms with Crippen molar-refractivity contribution in [2.24, 2.45) is 11.5 Å². The monoisotopic (exact) mass is 401 g/mol. The number of pyridine rings is 2. The molecular formula is C19H24FN7O2. The fourth-order valence-corrected chi connectivity index (χ4v) is 3.26. The molecule has 0 aliphatic carbocycles. The van der Waals surface area contributed by atoms with Crippen LogP contribution in [0.25, 0.3) is 0 Å². The molecule has 1 aliphatic rings. The van der Waals surface area contributed by atoms with E-state index >= 15 is 0 Å². The number of carbonyl (C=O) groups excluding carboxylic acids is 2. The highest BCUT2D eigenvalue weighted by Crippen LogP contribution is 2.25. The molecule has 2 amide bonds. The van der Waals surface area contributed by atoms with Gasteiger partial charge in [-0.3, -0.25) is 14.6 Å². The van der Waals surface area contributed by atoms with Crippen LogP contribution in [0.1, 0.15) is 29.3 Å². The second-order valence-electron chi connectivity index (χ2n) is 7.12. The molecule has 0 spiro atoms. The van der Waals surface area contributed by atoms with Crippen LogP contribution in [0.3, 0.4) is 0 Å². The predicted molar refractivity (Wildman–Crippen MR) is 107 cm³/mol. The van der Waals surface area contributed by atoms with Gasteiger partial charge >= 0.3 is 0 Å². The molecule has 154 valence electrons. The summed E-state index contributed by atoms with van der Waals surface area (Å²) < 4.78 is 14.6. The van der Waals surface area contributed by atoms with Crippen LogP contribution in [0.4, 0.5) is 21.7 Å². The van der Waals surface area contributed by atoms with Gasteiger partial charge in [0.05, 0.1) is 17.4 Å². The van der Waals surface area contributed by atoms with Crippen molar-refractivity contribution in [2.75, 3.05) is 23.7 Å². The number of nitrogens with zero attached hydrogens (tertiary/aromatic N) is 3. The van der Waals surface area contributed by atoms with Crippen LogP contribution in [0.2, 0.25) is 0 Å². The van der Waals surface area contributed by atoms with Crippen molar-refractivity contribution in [3.05, 3.63) is 41.5 Å². The van der Waals surface area contributed by atoms with Crippen molar-refractivity contribution in [3.8, 4) is 0 Å². The number of likely N-dealkylation sites (tertiary alicyclic amines) is 1. The summed E-state index contributed by atoms with van der Waals surface area (Å²) in [7, 11) is 0. The lowest BCUT2D eigenvalue weighted by atomic mass is 10.00. The molecule has 1 saturated heterocycles. The first-order valence-corrected chi connectivity index (χ1v) is 9.21. The van der Waals surface area contributed by atoms with Crippen molar-refractivity contribution in [1.82, 2.24) is 14.9 Å². The number of amides is 2. The Morgan fingerprint density at radius 1 is 1.28 bits per heavy atom. The van der Waals surface area contributed by atoms with Crippen molar-refractivity contribution >= 4 is 29.1 Å². The minimum absolute atomic E-state index is 0.0464. The van der Waals surface area contributed by atoms with Crippen LogP contribution in [0, 0.1) is 12.7 Å². The topological polar surface area (TPSA) is 139 Å². The highest BCUT2D eigenvalue weighted by atomic mass is 19.1. The average molecular weight is 401 g/mol. The van der Waals surface area contributed by atoms with Gasteiger partial charge in [-0.05, 0) is 31.0 Å². The summed E-state index contributed by atoms with van der Waals surface area (Å²) in [6.45, 7) is 4.24. The maximum atomic E-state index is 14.6. The van der Waals surface area contributed by atoms with E-state index in [4.69, 9.17) is 11.5 Å². The number of aromatic nitrogens is 2. The number of rotatable bonds is 5. The quantitative estimate of drug-likeness (QED) is 0.589. The molecule has 0 aromatic carbocycles. The fraction of sp³-hybridized carbons (Fsp3) is 0.368. The van der Waals surface area contributed by atoms with Crippen molar-refractivity contribution < 1.29 is 14.0 Å². The smallest absolute Gasteiger partial charge is 0.252 e. The third-order valence-electron chi connectivity index (χ3n) is 4.80. The van der Waals surface area contributed by atoms with Gasteiger partial charge in [0.25, 0.3) is 5.91 Å². The molecule has 9 nitrogen and oxygen atoms in total. The molecule has 0 radical (unpaired) electrons. The number of primary amides is 1. The molecule has 0 bridgehead atoms. The van der Waals surface area contributed by atoms with E-state index in [-0.39, 0.29) is 35.2 Å². The summed E-state index contributed by atoms with van der Waals surface area (Å²) in [5, 5.41) is 5.97. The lowest BCUT2D eigenvalue weighted by Crippen LogP contribution is -2.55. The molecule has 2 aromatic heterocycles. The Hall–Kier alpha value is -3.27. The first-order chi connectivity index (χ1) is 13.7. The summed E-state index contributed by atoms with van der Waals surface area (Å²) in [6.07, 6.45) is 3.79. The molecule has 10 heteroatoms. The molecule has 2 atom stereocenters. The molecule has 2 aromatic rings. The number of hydrogen-bond donors (Lipinski definition) is 4. The van der Waals surface area contributed by atoms with Crippen LogP contribution in [0.15, 0.2) is 24.5 Å². The van der Waals surface area contributed by atoms with E-state index in [1.807, 2.05) is 13.0 Å². The van der Waals surface area contributed by atoms with Gasteiger partial charge in [0.2, 0.25) is 5.91 Å². The first-order valence-electron chi connectivity index (χ1n) is 9.21. The molecule has 1 fully saturated rings.